The summed E-state index contributed by atoms with van der Waals surface area (Å²) in [6, 6.07) is 0. The van der Waals surface area contributed by atoms with Crippen molar-refractivity contribution < 1.29 is 0 Å². The second-order valence-electron chi connectivity index (χ2n) is 4.90. The number of hydrogen-bond donors (Lipinski definition) is 0. The van der Waals surface area contributed by atoms with Crippen LogP contribution in [0.2, 0.25) is 0 Å². The normalized spacial score (nSPS) is 15.5. The van der Waals surface area contributed by atoms with E-state index in [4.69, 9.17) is 0 Å². The molecule has 0 bridgehead atoms. The van der Waals surface area contributed by atoms with Gasteiger partial charge in [-0.05, 0) is 0 Å². The van der Waals surface area contributed by atoms with Crippen molar-refractivity contribution in [2.24, 2.45) is 0 Å². The van der Waals surface area contributed by atoms with Gasteiger partial charge in [-0.1, -0.05) is 0 Å². The quantitative estimate of drug-likeness (QED) is 0.429. The SMILES string of the molecule is CCN(C)P(I)(N(C)CC)(N(C)CC)N(CC)CC. The van der Waals surface area contributed by atoms with Crippen LogP contribution in [0, 0.1) is 0 Å². The van der Waals surface area contributed by atoms with Crippen LogP contribution in [-0.2, 0) is 0 Å². The molecular weight excluding hydrogens is 370 g/mol. The third kappa shape index (κ3) is 2.97. The third-order valence-electron chi connectivity index (χ3n) is 4.35. The molecule has 0 aliphatic rings. The van der Waals surface area contributed by atoms with E-state index in [0.29, 0.717) is 0 Å². The summed E-state index contributed by atoms with van der Waals surface area (Å²) in [6.07, 6.45) is 0. The first-order valence-corrected chi connectivity index (χ1v) is 12.3. The van der Waals surface area contributed by atoms with Gasteiger partial charge in [-0.2, -0.15) is 0 Å². The fourth-order valence-corrected chi connectivity index (χ4v) is 12.7. The van der Waals surface area contributed by atoms with Gasteiger partial charge in [0.05, 0.1) is 0 Å². The van der Waals surface area contributed by atoms with Crippen molar-refractivity contribution in [1.29, 1.82) is 0 Å². The number of halogens is 1. The Morgan fingerprint density at radius 2 is 0.895 bits per heavy atom. The summed E-state index contributed by atoms with van der Waals surface area (Å²) in [5.41, 5.74) is 0. The van der Waals surface area contributed by atoms with E-state index in [-0.39, 0.29) is 0 Å². The molecule has 0 rings (SSSR count). The van der Waals surface area contributed by atoms with Gasteiger partial charge in [0.25, 0.3) is 0 Å². The van der Waals surface area contributed by atoms with Crippen molar-refractivity contribution in [3.63, 3.8) is 0 Å². The van der Waals surface area contributed by atoms with Crippen LogP contribution in [0.5, 0.6) is 0 Å². The number of hydrogen-bond acceptors (Lipinski definition) is 4. The van der Waals surface area contributed by atoms with Gasteiger partial charge < -0.3 is 0 Å². The molecular formula is C13H34IN4P. The Morgan fingerprint density at radius 1 is 0.632 bits per heavy atom. The zero-order valence-corrected chi connectivity index (χ0v) is 17.2. The Labute approximate surface area is 134 Å². The van der Waals surface area contributed by atoms with E-state index in [9.17, 15) is 0 Å². The molecule has 0 spiro atoms. The first-order chi connectivity index (χ1) is 8.79. The van der Waals surface area contributed by atoms with Gasteiger partial charge in [-0.25, -0.2) is 0 Å². The molecule has 0 aromatic carbocycles. The molecule has 6 heteroatoms. The summed E-state index contributed by atoms with van der Waals surface area (Å²) in [5.74, 6) is 0. The Morgan fingerprint density at radius 3 is 1.05 bits per heavy atom. The third-order valence-corrected chi connectivity index (χ3v) is 18.7. The Bertz CT molecular complexity index is 244. The molecule has 0 aliphatic carbocycles. The number of rotatable bonds is 9. The molecule has 0 N–H and O–H groups in total. The van der Waals surface area contributed by atoms with Crippen LogP contribution < -0.4 is 0 Å². The monoisotopic (exact) mass is 404 g/mol. The molecule has 0 saturated carbocycles. The van der Waals surface area contributed by atoms with E-state index in [1.165, 1.54) is 0 Å². The van der Waals surface area contributed by atoms with Gasteiger partial charge in [0.1, 0.15) is 0 Å². The molecule has 19 heavy (non-hydrogen) atoms. The molecule has 0 fully saturated rings. The van der Waals surface area contributed by atoms with E-state index in [1.54, 1.807) is 0 Å². The van der Waals surface area contributed by atoms with Gasteiger partial charge in [-0.3, -0.25) is 0 Å². The molecule has 0 radical (unpaired) electrons. The molecule has 0 unspecified atom stereocenters. The summed E-state index contributed by atoms with van der Waals surface area (Å²) < 4.78 is 10.4. The second kappa shape index (κ2) is 7.85. The zero-order valence-electron chi connectivity index (χ0n) is 14.1. The average Bonchev–Trinajstić information content (AvgIpc) is 2.45. The van der Waals surface area contributed by atoms with Crippen molar-refractivity contribution >= 4 is 26.9 Å². The van der Waals surface area contributed by atoms with Crippen LogP contribution in [-0.4, -0.2) is 72.5 Å². The van der Waals surface area contributed by atoms with E-state index in [1.807, 2.05) is 0 Å². The summed E-state index contributed by atoms with van der Waals surface area (Å²) in [6.45, 7) is 16.7. The van der Waals surface area contributed by atoms with Crippen LogP contribution >= 0.6 is 26.9 Å². The minimum atomic E-state index is -2.43. The predicted octanol–water partition coefficient (Wildman–Crippen LogP) is 3.75. The van der Waals surface area contributed by atoms with Gasteiger partial charge in [0.15, 0.2) is 0 Å². The molecule has 0 aromatic heterocycles. The fourth-order valence-electron chi connectivity index (χ4n) is 2.87. The predicted molar refractivity (Wildman–Crippen MR) is 98.8 cm³/mol. The molecule has 0 saturated heterocycles. The van der Waals surface area contributed by atoms with Crippen LogP contribution in [0.15, 0.2) is 0 Å². The molecule has 0 aromatic rings. The first kappa shape index (κ1) is 20.0. The Hall–Kier alpha value is 1.00. The van der Waals surface area contributed by atoms with E-state index < -0.39 is 4.85 Å². The van der Waals surface area contributed by atoms with E-state index in [2.05, 4.69) is 96.5 Å². The van der Waals surface area contributed by atoms with Gasteiger partial charge in [0.2, 0.25) is 0 Å². The summed E-state index contributed by atoms with van der Waals surface area (Å²) >= 11 is 2.78. The standard InChI is InChI=1S/C13H34IN4P/c1-9-15(6)19(14,16(7)10-2,17(8)11-3)18(12-4)13-5/h9-13H2,1-8H3. The molecule has 0 aliphatic heterocycles. The van der Waals surface area contributed by atoms with Crippen LogP contribution in [0.1, 0.15) is 34.6 Å². The zero-order chi connectivity index (χ0) is 15.3. The van der Waals surface area contributed by atoms with Gasteiger partial charge in [-0.15, -0.1) is 0 Å². The molecule has 0 heterocycles. The van der Waals surface area contributed by atoms with E-state index >= 15 is 0 Å². The van der Waals surface area contributed by atoms with Crippen LogP contribution in [0.3, 0.4) is 0 Å². The summed E-state index contributed by atoms with van der Waals surface area (Å²) in [7, 11) is 6.84. The summed E-state index contributed by atoms with van der Waals surface area (Å²) in [5, 5.41) is 0. The van der Waals surface area contributed by atoms with Crippen molar-refractivity contribution in [2.75, 3.05) is 53.9 Å². The Balaban J connectivity index is 6.15. The first-order valence-electron chi connectivity index (χ1n) is 7.43. The molecule has 118 valence electrons. The second-order valence-corrected chi connectivity index (χ2v) is 14.4. The van der Waals surface area contributed by atoms with Gasteiger partial charge >= 0.3 is 134 Å². The van der Waals surface area contributed by atoms with Gasteiger partial charge in [0, 0.05) is 0 Å². The van der Waals surface area contributed by atoms with Crippen molar-refractivity contribution in [3.05, 3.63) is 0 Å². The van der Waals surface area contributed by atoms with Crippen molar-refractivity contribution in [2.45, 2.75) is 34.6 Å². The Kier molecular flexibility index (Phi) is 8.27. The fraction of sp³-hybridized carbons (Fsp3) is 1.00. The average molecular weight is 404 g/mol. The van der Waals surface area contributed by atoms with E-state index in [0.717, 1.165) is 32.7 Å². The van der Waals surface area contributed by atoms with Crippen LogP contribution in [0.4, 0.5) is 0 Å². The molecule has 0 atom stereocenters. The number of nitrogens with zero attached hydrogens (tertiary/aromatic N) is 4. The molecule has 0 amide bonds. The maximum absolute atomic E-state index is 2.78. The van der Waals surface area contributed by atoms with Crippen molar-refractivity contribution in [3.8, 4) is 0 Å². The van der Waals surface area contributed by atoms with Crippen LogP contribution in [0.25, 0.3) is 0 Å². The molecule has 4 nitrogen and oxygen atoms in total. The summed E-state index contributed by atoms with van der Waals surface area (Å²) in [4.78, 5) is -2.43. The topological polar surface area (TPSA) is 13.0 Å². The van der Waals surface area contributed by atoms with Crippen molar-refractivity contribution in [1.82, 2.24) is 18.7 Å². The maximum atomic E-state index is 2.78. The minimum absolute atomic E-state index is 1.06.